The molecule has 0 amide bonds. The van der Waals surface area contributed by atoms with Crippen LogP contribution in [0.25, 0.3) is 0 Å². The molecule has 0 atom stereocenters. The van der Waals surface area contributed by atoms with E-state index in [0.29, 0.717) is 5.95 Å². The summed E-state index contributed by atoms with van der Waals surface area (Å²) in [4.78, 5) is 0. The van der Waals surface area contributed by atoms with Crippen molar-refractivity contribution in [1.29, 1.82) is 0 Å². The summed E-state index contributed by atoms with van der Waals surface area (Å²) in [6.45, 7) is 1.52. The molecule has 0 unspecified atom stereocenters. The van der Waals surface area contributed by atoms with Crippen LogP contribution in [-0.4, -0.2) is 33.9 Å². The van der Waals surface area contributed by atoms with Gasteiger partial charge in [-0.3, -0.25) is 0 Å². The Morgan fingerprint density at radius 1 is 1.50 bits per heavy atom. The second-order valence-electron chi connectivity index (χ2n) is 2.46. The molecule has 0 aliphatic carbocycles. The molecular formula is C6H13N5O. The molecule has 0 spiro atoms. The van der Waals surface area contributed by atoms with E-state index in [1.165, 1.54) is 0 Å². The van der Waals surface area contributed by atoms with Crippen LogP contribution in [0.2, 0.25) is 0 Å². The average Bonchev–Trinajstić information content (AvgIpc) is 2.46. The van der Waals surface area contributed by atoms with Crippen molar-refractivity contribution in [2.45, 2.75) is 19.4 Å². The number of nitrogen functional groups attached to an aromatic ring is 1. The summed E-state index contributed by atoms with van der Waals surface area (Å²) in [6.07, 6.45) is 1.97. The molecule has 1 aromatic heterocycles. The van der Waals surface area contributed by atoms with Crippen molar-refractivity contribution < 1.29 is 4.74 Å². The van der Waals surface area contributed by atoms with Crippen LogP contribution in [0.15, 0.2) is 0 Å². The van der Waals surface area contributed by atoms with E-state index in [2.05, 4.69) is 15.5 Å². The number of rotatable bonds is 5. The fourth-order valence-corrected chi connectivity index (χ4v) is 0.879. The fraction of sp³-hybridized carbons (Fsp3) is 0.833. The SMILES string of the molecule is COCCCCn1nnnc1N. The van der Waals surface area contributed by atoms with Crippen LogP contribution in [-0.2, 0) is 11.3 Å². The number of methoxy groups -OCH3 is 1. The maximum Gasteiger partial charge on any atom is 0.240 e. The largest absolute Gasteiger partial charge is 0.385 e. The predicted octanol–water partition coefficient (Wildman–Crippen LogP) is -0.318. The minimum atomic E-state index is 0.368. The van der Waals surface area contributed by atoms with Crippen LogP contribution in [0, 0.1) is 0 Å². The molecule has 0 saturated heterocycles. The van der Waals surface area contributed by atoms with Crippen LogP contribution in [0.3, 0.4) is 0 Å². The standard InChI is InChI=1S/C6H13N5O/c1-12-5-3-2-4-11-6(7)8-9-10-11/h2-5H2,1H3,(H2,7,8,10). The molecule has 0 aromatic carbocycles. The molecule has 1 heterocycles. The molecule has 68 valence electrons. The lowest BCUT2D eigenvalue weighted by atomic mass is 10.3. The van der Waals surface area contributed by atoms with E-state index in [1.54, 1.807) is 11.8 Å². The number of nitrogens with zero attached hydrogens (tertiary/aromatic N) is 4. The van der Waals surface area contributed by atoms with Crippen molar-refractivity contribution in [1.82, 2.24) is 20.2 Å². The summed E-state index contributed by atoms with van der Waals surface area (Å²) in [7, 11) is 1.69. The lowest BCUT2D eigenvalue weighted by Gasteiger charge is -2.00. The quantitative estimate of drug-likeness (QED) is 0.614. The number of hydrogen-bond donors (Lipinski definition) is 1. The van der Waals surface area contributed by atoms with E-state index >= 15 is 0 Å². The van der Waals surface area contributed by atoms with Gasteiger partial charge in [-0.05, 0) is 23.3 Å². The molecule has 0 saturated carbocycles. The number of nitrogens with two attached hydrogens (primary N) is 1. The minimum Gasteiger partial charge on any atom is -0.385 e. The van der Waals surface area contributed by atoms with Crippen LogP contribution in [0.4, 0.5) is 5.95 Å². The van der Waals surface area contributed by atoms with Gasteiger partial charge in [0.25, 0.3) is 0 Å². The average molecular weight is 171 g/mol. The molecule has 0 aliphatic heterocycles. The van der Waals surface area contributed by atoms with E-state index in [0.717, 1.165) is 26.0 Å². The van der Waals surface area contributed by atoms with Gasteiger partial charge in [0.05, 0.1) is 0 Å². The van der Waals surface area contributed by atoms with Crippen LogP contribution < -0.4 is 5.73 Å². The summed E-state index contributed by atoms with van der Waals surface area (Å²) in [5.74, 6) is 0.368. The van der Waals surface area contributed by atoms with Gasteiger partial charge in [0, 0.05) is 20.3 Å². The fourth-order valence-electron chi connectivity index (χ4n) is 0.879. The smallest absolute Gasteiger partial charge is 0.240 e. The molecule has 6 heteroatoms. The van der Waals surface area contributed by atoms with Gasteiger partial charge in [0.1, 0.15) is 0 Å². The molecule has 1 rings (SSSR count). The Kier molecular flexibility index (Phi) is 3.46. The lowest BCUT2D eigenvalue weighted by Crippen LogP contribution is -2.06. The number of hydrogen-bond acceptors (Lipinski definition) is 5. The highest BCUT2D eigenvalue weighted by atomic mass is 16.5. The highest BCUT2D eigenvalue weighted by molar-refractivity contribution is 5.09. The number of unbranched alkanes of at least 4 members (excludes halogenated alkanes) is 1. The number of tetrazole rings is 1. The first kappa shape index (κ1) is 8.92. The van der Waals surface area contributed by atoms with Crippen LogP contribution in [0.5, 0.6) is 0 Å². The van der Waals surface area contributed by atoms with Crippen LogP contribution >= 0.6 is 0 Å². The molecule has 0 aliphatic rings. The second kappa shape index (κ2) is 4.66. The van der Waals surface area contributed by atoms with E-state index in [1.807, 2.05) is 0 Å². The van der Waals surface area contributed by atoms with E-state index < -0.39 is 0 Å². The zero-order valence-corrected chi connectivity index (χ0v) is 7.10. The third kappa shape index (κ3) is 2.46. The van der Waals surface area contributed by atoms with Gasteiger partial charge in [-0.15, -0.1) is 0 Å². The number of aromatic nitrogens is 4. The Bertz CT molecular complexity index is 223. The Morgan fingerprint density at radius 2 is 2.33 bits per heavy atom. The minimum absolute atomic E-state index is 0.368. The second-order valence-corrected chi connectivity index (χ2v) is 2.46. The summed E-state index contributed by atoms with van der Waals surface area (Å²) in [6, 6.07) is 0. The summed E-state index contributed by atoms with van der Waals surface area (Å²) in [5.41, 5.74) is 5.45. The highest BCUT2D eigenvalue weighted by Crippen LogP contribution is 1.97. The lowest BCUT2D eigenvalue weighted by molar-refractivity contribution is 0.191. The molecule has 0 bridgehead atoms. The van der Waals surface area contributed by atoms with E-state index in [4.69, 9.17) is 10.5 Å². The third-order valence-corrected chi connectivity index (χ3v) is 1.53. The van der Waals surface area contributed by atoms with E-state index in [-0.39, 0.29) is 0 Å². The first-order valence-electron chi connectivity index (χ1n) is 3.85. The Balaban J connectivity index is 2.20. The summed E-state index contributed by atoms with van der Waals surface area (Å²) >= 11 is 0. The van der Waals surface area contributed by atoms with Gasteiger partial charge >= 0.3 is 0 Å². The number of anilines is 1. The first-order chi connectivity index (χ1) is 5.84. The maximum atomic E-state index is 5.45. The molecule has 2 N–H and O–H groups in total. The monoisotopic (exact) mass is 171 g/mol. The van der Waals surface area contributed by atoms with Crippen molar-refractivity contribution in [3.8, 4) is 0 Å². The van der Waals surface area contributed by atoms with Crippen molar-refractivity contribution in [2.75, 3.05) is 19.5 Å². The van der Waals surface area contributed by atoms with Crippen molar-refractivity contribution in [3.05, 3.63) is 0 Å². The molecular weight excluding hydrogens is 158 g/mol. The van der Waals surface area contributed by atoms with Crippen LogP contribution in [0.1, 0.15) is 12.8 Å². The zero-order chi connectivity index (χ0) is 8.81. The van der Waals surface area contributed by atoms with Gasteiger partial charge in [-0.1, -0.05) is 5.10 Å². The molecule has 12 heavy (non-hydrogen) atoms. The normalized spacial score (nSPS) is 10.4. The van der Waals surface area contributed by atoms with Gasteiger partial charge < -0.3 is 10.5 Å². The van der Waals surface area contributed by atoms with Crippen molar-refractivity contribution >= 4 is 5.95 Å². The topological polar surface area (TPSA) is 78.8 Å². The van der Waals surface area contributed by atoms with Gasteiger partial charge in [0.2, 0.25) is 5.95 Å². The summed E-state index contributed by atoms with van der Waals surface area (Å²) < 4.78 is 6.48. The van der Waals surface area contributed by atoms with Gasteiger partial charge in [-0.25, -0.2) is 4.68 Å². The number of ether oxygens (including phenoxy) is 1. The van der Waals surface area contributed by atoms with E-state index in [9.17, 15) is 0 Å². The van der Waals surface area contributed by atoms with Gasteiger partial charge in [0.15, 0.2) is 0 Å². The number of aryl methyl sites for hydroxylation is 1. The predicted molar refractivity (Wildman–Crippen MR) is 43.3 cm³/mol. The molecule has 0 fully saturated rings. The first-order valence-corrected chi connectivity index (χ1v) is 3.85. The van der Waals surface area contributed by atoms with Crippen molar-refractivity contribution in [2.24, 2.45) is 0 Å². The Labute approximate surface area is 70.7 Å². The van der Waals surface area contributed by atoms with Gasteiger partial charge in [-0.2, -0.15) is 0 Å². The third-order valence-electron chi connectivity index (χ3n) is 1.53. The maximum absolute atomic E-state index is 5.45. The summed E-state index contributed by atoms with van der Waals surface area (Å²) in [5, 5.41) is 10.7. The highest BCUT2D eigenvalue weighted by Gasteiger charge is 1.98. The zero-order valence-electron chi connectivity index (χ0n) is 7.10. The Hall–Kier alpha value is -1.17. The molecule has 0 radical (unpaired) electrons. The van der Waals surface area contributed by atoms with Crippen molar-refractivity contribution in [3.63, 3.8) is 0 Å². The Morgan fingerprint density at radius 3 is 2.92 bits per heavy atom. The molecule has 1 aromatic rings. The molecule has 6 nitrogen and oxygen atoms in total.